The Bertz CT molecular complexity index is 206. The number of piperazine rings is 1. The van der Waals surface area contributed by atoms with Gasteiger partial charge in [0.05, 0.1) is 6.04 Å². The highest BCUT2D eigenvalue weighted by Gasteiger charge is 2.32. The van der Waals surface area contributed by atoms with E-state index in [0.717, 1.165) is 19.5 Å². The zero-order chi connectivity index (χ0) is 10.7. The summed E-state index contributed by atoms with van der Waals surface area (Å²) in [7, 11) is 0. The molecule has 0 spiro atoms. The number of hydrogen-bond acceptors (Lipinski definition) is 3. The molecular weight excluding hydrogens is 178 g/mol. The Morgan fingerprint density at radius 2 is 2.29 bits per heavy atom. The van der Waals surface area contributed by atoms with E-state index in [9.17, 15) is 4.79 Å². The molecule has 1 aliphatic heterocycles. The number of carbonyl (C=O) groups excluding carboxylic acids is 1. The van der Waals surface area contributed by atoms with E-state index in [0.29, 0.717) is 0 Å². The summed E-state index contributed by atoms with van der Waals surface area (Å²) < 4.78 is 0. The maximum atomic E-state index is 11.6. The molecule has 0 aliphatic carbocycles. The van der Waals surface area contributed by atoms with Crippen molar-refractivity contribution in [3.63, 3.8) is 0 Å². The molecule has 14 heavy (non-hydrogen) atoms. The minimum atomic E-state index is 0.00440. The van der Waals surface area contributed by atoms with E-state index in [4.69, 9.17) is 5.73 Å². The van der Waals surface area contributed by atoms with Crippen LogP contribution in [-0.4, -0.2) is 42.0 Å². The Labute approximate surface area is 85.8 Å². The van der Waals surface area contributed by atoms with Gasteiger partial charge in [-0.15, -0.1) is 0 Å². The Hall–Kier alpha value is -0.610. The number of amides is 1. The maximum absolute atomic E-state index is 11.6. The molecule has 3 unspecified atom stereocenters. The van der Waals surface area contributed by atoms with Crippen molar-refractivity contribution in [2.24, 2.45) is 5.73 Å². The predicted molar refractivity (Wildman–Crippen MR) is 56.9 cm³/mol. The highest BCUT2D eigenvalue weighted by Crippen LogP contribution is 2.13. The van der Waals surface area contributed by atoms with E-state index in [-0.39, 0.29) is 24.0 Å². The van der Waals surface area contributed by atoms with Crippen LogP contribution in [0, 0.1) is 0 Å². The zero-order valence-corrected chi connectivity index (χ0v) is 9.29. The van der Waals surface area contributed by atoms with Crippen molar-refractivity contribution < 1.29 is 4.79 Å². The van der Waals surface area contributed by atoms with Gasteiger partial charge in [-0.05, 0) is 20.3 Å². The van der Waals surface area contributed by atoms with E-state index >= 15 is 0 Å². The summed E-state index contributed by atoms with van der Waals surface area (Å²) in [5.41, 5.74) is 5.86. The fourth-order valence-electron chi connectivity index (χ4n) is 1.94. The van der Waals surface area contributed by atoms with Gasteiger partial charge in [0.25, 0.3) is 0 Å². The minimum Gasteiger partial charge on any atom is -0.353 e. The summed E-state index contributed by atoms with van der Waals surface area (Å²) in [4.78, 5) is 13.8. The number of nitrogens with one attached hydrogen (secondary N) is 1. The van der Waals surface area contributed by atoms with Crippen molar-refractivity contribution in [3.8, 4) is 0 Å². The molecule has 1 aliphatic rings. The standard InChI is InChI=1S/C10H21N3O/c1-4-9-10(14)12-5-6-13(9)8(3)7(2)11/h7-9H,4-6,11H2,1-3H3,(H,12,14). The SMILES string of the molecule is CCC1C(=O)NCCN1C(C)C(C)N. The molecule has 1 saturated heterocycles. The quantitative estimate of drug-likeness (QED) is 0.669. The number of nitrogens with two attached hydrogens (primary N) is 1. The third-order valence-electron chi connectivity index (χ3n) is 3.04. The molecule has 0 saturated carbocycles. The van der Waals surface area contributed by atoms with Gasteiger partial charge >= 0.3 is 0 Å². The summed E-state index contributed by atoms with van der Waals surface area (Å²) in [6, 6.07) is 0.380. The van der Waals surface area contributed by atoms with Crippen LogP contribution in [0.25, 0.3) is 0 Å². The lowest BCUT2D eigenvalue weighted by atomic mass is 10.0. The van der Waals surface area contributed by atoms with Crippen LogP contribution in [0.5, 0.6) is 0 Å². The van der Waals surface area contributed by atoms with Crippen molar-refractivity contribution in [2.45, 2.75) is 45.3 Å². The number of carbonyl (C=O) groups is 1. The molecule has 1 amide bonds. The molecule has 0 aromatic heterocycles. The molecule has 1 fully saturated rings. The first kappa shape index (κ1) is 11.5. The van der Waals surface area contributed by atoms with Gasteiger partial charge < -0.3 is 11.1 Å². The average Bonchev–Trinajstić information content (AvgIpc) is 2.16. The van der Waals surface area contributed by atoms with E-state index in [1.54, 1.807) is 0 Å². The van der Waals surface area contributed by atoms with Crippen molar-refractivity contribution in [2.75, 3.05) is 13.1 Å². The van der Waals surface area contributed by atoms with E-state index in [2.05, 4.69) is 17.1 Å². The molecule has 1 heterocycles. The van der Waals surface area contributed by atoms with Crippen LogP contribution in [0.1, 0.15) is 27.2 Å². The predicted octanol–water partition coefficient (Wildman–Crippen LogP) is -0.0675. The molecule has 1 rings (SSSR count). The third-order valence-corrected chi connectivity index (χ3v) is 3.04. The molecule has 4 heteroatoms. The van der Waals surface area contributed by atoms with E-state index in [1.165, 1.54) is 0 Å². The normalized spacial score (nSPS) is 28.3. The van der Waals surface area contributed by atoms with Crippen LogP contribution < -0.4 is 11.1 Å². The first-order valence-corrected chi connectivity index (χ1v) is 5.37. The maximum Gasteiger partial charge on any atom is 0.237 e. The van der Waals surface area contributed by atoms with Gasteiger partial charge in [-0.3, -0.25) is 9.69 Å². The monoisotopic (exact) mass is 199 g/mol. The minimum absolute atomic E-state index is 0.00440. The molecule has 0 radical (unpaired) electrons. The highest BCUT2D eigenvalue weighted by atomic mass is 16.2. The lowest BCUT2D eigenvalue weighted by Crippen LogP contribution is -2.60. The van der Waals surface area contributed by atoms with E-state index < -0.39 is 0 Å². The van der Waals surface area contributed by atoms with Crippen LogP contribution in [0.15, 0.2) is 0 Å². The van der Waals surface area contributed by atoms with Gasteiger partial charge in [0.2, 0.25) is 5.91 Å². The molecular formula is C10H21N3O. The van der Waals surface area contributed by atoms with Crippen molar-refractivity contribution in [1.29, 1.82) is 0 Å². The topological polar surface area (TPSA) is 58.4 Å². The molecule has 0 aromatic rings. The molecule has 82 valence electrons. The Morgan fingerprint density at radius 1 is 1.64 bits per heavy atom. The molecule has 0 bridgehead atoms. The number of nitrogens with zero attached hydrogens (tertiary/aromatic N) is 1. The third kappa shape index (κ3) is 2.25. The Kier molecular flexibility index (Phi) is 3.89. The van der Waals surface area contributed by atoms with Crippen molar-refractivity contribution >= 4 is 5.91 Å². The fourth-order valence-corrected chi connectivity index (χ4v) is 1.94. The average molecular weight is 199 g/mol. The summed E-state index contributed by atoms with van der Waals surface area (Å²) in [5, 5.41) is 2.89. The van der Waals surface area contributed by atoms with Crippen LogP contribution in [0.4, 0.5) is 0 Å². The van der Waals surface area contributed by atoms with Gasteiger partial charge in [-0.25, -0.2) is 0 Å². The molecule has 3 atom stereocenters. The van der Waals surface area contributed by atoms with Gasteiger partial charge in [-0.1, -0.05) is 6.92 Å². The second-order valence-corrected chi connectivity index (χ2v) is 4.05. The van der Waals surface area contributed by atoms with Crippen LogP contribution >= 0.6 is 0 Å². The Balaban J connectivity index is 2.69. The smallest absolute Gasteiger partial charge is 0.237 e. The van der Waals surface area contributed by atoms with Gasteiger partial charge in [0.15, 0.2) is 0 Å². The van der Waals surface area contributed by atoms with Gasteiger partial charge in [0, 0.05) is 25.2 Å². The summed E-state index contributed by atoms with van der Waals surface area (Å²) >= 11 is 0. The summed E-state index contributed by atoms with van der Waals surface area (Å²) in [6.45, 7) is 7.77. The lowest BCUT2D eigenvalue weighted by molar-refractivity contribution is -0.130. The lowest BCUT2D eigenvalue weighted by Gasteiger charge is -2.40. The van der Waals surface area contributed by atoms with Crippen LogP contribution in [-0.2, 0) is 4.79 Å². The second-order valence-electron chi connectivity index (χ2n) is 4.05. The van der Waals surface area contributed by atoms with Crippen molar-refractivity contribution in [1.82, 2.24) is 10.2 Å². The Morgan fingerprint density at radius 3 is 2.79 bits per heavy atom. The summed E-state index contributed by atoms with van der Waals surface area (Å²) in [6.07, 6.45) is 0.850. The van der Waals surface area contributed by atoms with E-state index in [1.807, 2.05) is 13.8 Å². The van der Waals surface area contributed by atoms with Gasteiger partial charge in [-0.2, -0.15) is 0 Å². The van der Waals surface area contributed by atoms with Crippen LogP contribution in [0.3, 0.4) is 0 Å². The zero-order valence-electron chi connectivity index (χ0n) is 9.29. The number of hydrogen-bond donors (Lipinski definition) is 2. The highest BCUT2D eigenvalue weighted by molar-refractivity contribution is 5.82. The first-order chi connectivity index (χ1) is 6.57. The molecule has 4 nitrogen and oxygen atoms in total. The summed E-state index contributed by atoms with van der Waals surface area (Å²) in [5.74, 6) is 0.145. The fraction of sp³-hybridized carbons (Fsp3) is 0.900. The second kappa shape index (κ2) is 4.75. The van der Waals surface area contributed by atoms with Gasteiger partial charge in [0.1, 0.15) is 0 Å². The largest absolute Gasteiger partial charge is 0.353 e. The number of rotatable bonds is 3. The van der Waals surface area contributed by atoms with Crippen LogP contribution in [0.2, 0.25) is 0 Å². The molecule has 3 N–H and O–H groups in total. The van der Waals surface area contributed by atoms with Crippen molar-refractivity contribution in [3.05, 3.63) is 0 Å². The first-order valence-electron chi connectivity index (χ1n) is 5.37. The molecule has 0 aromatic carbocycles.